The van der Waals surface area contributed by atoms with E-state index in [1.165, 1.54) is 28.6 Å². The summed E-state index contributed by atoms with van der Waals surface area (Å²) in [6, 6.07) is 7.96. The molecule has 1 saturated heterocycles. The van der Waals surface area contributed by atoms with Crippen LogP contribution in [-0.2, 0) is 6.42 Å². The van der Waals surface area contributed by atoms with Gasteiger partial charge in [-0.05, 0) is 43.0 Å². The predicted molar refractivity (Wildman–Crippen MR) is 87.0 cm³/mol. The van der Waals surface area contributed by atoms with Crippen LogP contribution in [0.25, 0.3) is 0 Å². The molecule has 3 heteroatoms. The summed E-state index contributed by atoms with van der Waals surface area (Å²) in [5.41, 5.74) is 2.88. The first-order valence-electron chi connectivity index (χ1n) is 7.48. The third-order valence-corrected chi connectivity index (χ3v) is 4.69. The van der Waals surface area contributed by atoms with E-state index in [0.717, 1.165) is 19.5 Å². The van der Waals surface area contributed by atoms with Crippen LogP contribution in [-0.4, -0.2) is 25.2 Å². The number of hydrogen-bond donors (Lipinski definition) is 1. The Balaban J connectivity index is 2.30. The maximum atomic E-state index is 3.67. The zero-order valence-electron chi connectivity index (χ0n) is 12.2. The van der Waals surface area contributed by atoms with E-state index in [4.69, 9.17) is 0 Å². The number of aryl methyl sites for hydroxylation is 1. The summed E-state index contributed by atoms with van der Waals surface area (Å²) < 4.78 is 1.18. The maximum absolute atomic E-state index is 3.67. The van der Waals surface area contributed by atoms with E-state index >= 15 is 0 Å². The van der Waals surface area contributed by atoms with Crippen LogP contribution in [0.15, 0.2) is 22.7 Å². The molecule has 1 aliphatic heterocycles. The molecule has 0 aliphatic carbocycles. The molecule has 2 rings (SSSR count). The monoisotopic (exact) mass is 324 g/mol. The summed E-state index contributed by atoms with van der Waals surface area (Å²) in [6.45, 7) is 9.03. The first-order chi connectivity index (χ1) is 9.19. The van der Waals surface area contributed by atoms with Crippen molar-refractivity contribution < 1.29 is 0 Å². The topological polar surface area (TPSA) is 15.3 Å². The highest BCUT2D eigenvalue weighted by atomic mass is 79.9. The average molecular weight is 325 g/mol. The number of hydrogen-bond acceptors (Lipinski definition) is 2. The van der Waals surface area contributed by atoms with Crippen molar-refractivity contribution >= 4 is 21.6 Å². The third kappa shape index (κ3) is 3.32. The molecule has 0 bridgehead atoms. The number of benzene rings is 1. The molecule has 1 N–H and O–H groups in total. The van der Waals surface area contributed by atoms with Crippen molar-refractivity contribution in [3.63, 3.8) is 0 Å². The molecule has 2 atom stereocenters. The molecule has 1 aromatic carbocycles. The fourth-order valence-corrected chi connectivity index (χ4v) is 3.32. The Morgan fingerprint density at radius 3 is 2.68 bits per heavy atom. The molecule has 2 nitrogen and oxygen atoms in total. The molecule has 2 unspecified atom stereocenters. The molecular weight excluding hydrogens is 300 g/mol. The molecule has 1 fully saturated rings. The number of nitrogens with zero attached hydrogens (tertiary/aromatic N) is 1. The van der Waals surface area contributed by atoms with Crippen LogP contribution in [0.4, 0.5) is 5.69 Å². The Kier molecular flexibility index (Phi) is 5.28. The second kappa shape index (κ2) is 6.76. The van der Waals surface area contributed by atoms with Gasteiger partial charge in [-0.3, -0.25) is 0 Å². The van der Waals surface area contributed by atoms with Gasteiger partial charge >= 0.3 is 0 Å². The lowest BCUT2D eigenvalue weighted by atomic mass is 10.0. The second-order valence-electron chi connectivity index (χ2n) is 5.35. The lowest BCUT2D eigenvalue weighted by Crippen LogP contribution is -2.56. The Labute approximate surface area is 125 Å². The highest BCUT2D eigenvalue weighted by Gasteiger charge is 2.27. The summed E-state index contributed by atoms with van der Waals surface area (Å²) >= 11 is 3.59. The molecule has 0 amide bonds. The Hall–Kier alpha value is -0.540. The maximum Gasteiger partial charge on any atom is 0.0412 e. The molecule has 0 saturated carbocycles. The minimum atomic E-state index is 0.620. The van der Waals surface area contributed by atoms with Gasteiger partial charge in [0.15, 0.2) is 0 Å². The molecule has 106 valence electrons. The van der Waals surface area contributed by atoms with Gasteiger partial charge < -0.3 is 10.2 Å². The van der Waals surface area contributed by atoms with E-state index in [0.29, 0.717) is 12.1 Å². The normalized spacial score (nSPS) is 23.7. The number of anilines is 1. The van der Waals surface area contributed by atoms with E-state index < -0.39 is 0 Å². The molecule has 19 heavy (non-hydrogen) atoms. The lowest BCUT2D eigenvalue weighted by molar-refractivity contribution is 0.378. The summed E-state index contributed by atoms with van der Waals surface area (Å²) in [5.74, 6) is 0. The van der Waals surface area contributed by atoms with Gasteiger partial charge in [0.05, 0.1) is 0 Å². The van der Waals surface area contributed by atoms with Gasteiger partial charge in [0, 0.05) is 35.3 Å². The van der Waals surface area contributed by atoms with Crippen molar-refractivity contribution in [2.45, 2.75) is 52.1 Å². The van der Waals surface area contributed by atoms with Crippen molar-refractivity contribution in [3.8, 4) is 0 Å². The molecule has 0 radical (unpaired) electrons. The second-order valence-corrected chi connectivity index (χ2v) is 6.27. The summed E-state index contributed by atoms with van der Waals surface area (Å²) in [6.07, 6.45) is 3.49. The van der Waals surface area contributed by atoms with Crippen LogP contribution in [0.1, 0.15) is 39.2 Å². The van der Waals surface area contributed by atoms with E-state index in [-0.39, 0.29) is 0 Å². The number of halogens is 1. The molecule has 1 heterocycles. The van der Waals surface area contributed by atoms with Gasteiger partial charge in [-0.25, -0.2) is 0 Å². The van der Waals surface area contributed by atoms with Crippen LogP contribution in [0.2, 0.25) is 0 Å². The summed E-state index contributed by atoms with van der Waals surface area (Å²) in [4.78, 5) is 2.62. The quantitative estimate of drug-likeness (QED) is 0.901. The smallest absolute Gasteiger partial charge is 0.0412 e. The predicted octanol–water partition coefficient (Wildman–Crippen LogP) is 3.98. The first kappa shape index (κ1) is 14.9. The van der Waals surface area contributed by atoms with Gasteiger partial charge in [-0.1, -0.05) is 36.7 Å². The standard InChI is InChI=1S/C16H25BrN2/c1-4-12-9-13(17)7-8-16(12)19-11-14(5-2)18-10-15(19)6-3/h7-9,14-15,18H,4-6,10-11H2,1-3H3. The van der Waals surface area contributed by atoms with Crippen LogP contribution in [0.3, 0.4) is 0 Å². The van der Waals surface area contributed by atoms with E-state index in [2.05, 4.69) is 65.1 Å². The molecule has 1 aliphatic rings. The van der Waals surface area contributed by atoms with Crippen molar-refractivity contribution in [3.05, 3.63) is 28.2 Å². The lowest BCUT2D eigenvalue weighted by Gasteiger charge is -2.42. The van der Waals surface area contributed by atoms with Crippen molar-refractivity contribution in [1.82, 2.24) is 5.32 Å². The molecule has 0 aromatic heterocycles. The van der Waals surface area contributed by atoms with Crippen LogP contribution >= 0.6 is 15.9 Å². The highest BCUT2D eigenvalue weighted by molar-refractivity contribution is 9.10. The Morgan fingerprint density at radius 2 is 2.05 bits per heavy atom. The minimum Gasteiger partial charge on any atom is -0.365 e. The van der Waals surface area contributed by atoms with Gasteiger partial charge in [-0.15, -0.1) is 0 Å². The van der Waals surface area contributed by atoms with Crippen LogP contribution < -0.4 is 10.2 Å². The third-order valence-electron chi connectivity index (χ3n) is 4.20. The van der Waals surface area contributed by atoms with Crippen molar-refractivity contribution in [2.75, 3.05) is 18.0 Å². The SMILES string of the molecule is CCc1cc(Br)ccc1N1CC(CC)NCC1CC. The minimum absolute atomic E-state index is 0.620. The molecular formula is C16H25BrN2. The zero-order valence-corrected chi connectivity index (χ0v) is 13.8. The van der Waals surface area contributed by atoms with E-state index in [9.17, 15) is 0 Å². The Morgan fingerprint density at radius 1 is 1.26 bits per heavy atom. The van der Waals surface area contributed by atoms with Crippen molar-refractivity contribution in [1.29, 1.82) is 0 Å². The Bertz CT molecular complexity index is 419. The van der Waals surface area contributed by atoms with E-state index in [1.54, 1.807) is 0 Å². The summed E-state index contributed by atoms with van der Waals surface area (Å²) in [7, 11) is 0. The van der Waals surface area contributed by atoms with Crippen LogP contribution in [0, 0.1) is 0 Å². The zero-order chi connectivity index (χ0) is 13.8. The van der Waals surface area contributed by atoms with Crippen LogP contribution in [0.5, 0.6) is 0 Å². The van der Waals surface area contributed by atoms with Gasteiger partial charge in [0.1, 0.15) is 0 Å². The fraction of sp³-hybridized carbons (Fsp3) is 0.625. The number of nitrogens with one attached hydrogen (secondary N) is 1. The van der Waals surface area contributed by atoms with Crippen molar-refractivity contribution in [2.24, 2.45) is 0 Å². The summed E-state index contributed by atoms with van der Waals surface area (Å²) in [5, 5.41) is 3.67. The fourth-order valence-electron chi connectivity index (χ4n) is 2.91. The highest BCUT2D eigenvalue weighted by Crippen LogP contribution is 2.29. The number of rotatable bonds is 4. The molecule has 1 aromatic rings. The molecule has 0 spiro atoms. The first-order valence-corrected chi connectivity index (χ1v) is 8.27. The van der Waals surface area contributed by atoms with E-state index in [1.807, 2.05) is 0 Å². The number of piperazine rings is 1. The van der Waals surface area contributed by atoms with Gasteiger partial charge in [0.2, 0.25) is 0 Å². The van der Waals surface area contributed by atoms with Gasteiger partial charge in [0.25, 0.3) is 0 Å². The largest absolute Gasteiger partial charge is 0.365 e. The van der Waals surface area contributed by atoms with Gasteiger partial charge in [-0.2, -0.15) is 0 Å². The average Bonchev–Trinajstić information content (AvgIpc) is 2.46.